The van der Waals surface area contributed by atoms with Crippen molar-refractivity contribution in [3.8, 4) is 11.4 Å². The van der Waals surface area contributed by atoms with Gasteiger partial charge in [-0.1, -0.05) is 11.2 Å². The van der Waals surface area contributed by atoms with E-state index in [0.717, 1.165) is 12.8 Å². The van der Waals surface area contributed by atoms with Gasteiger partial charge >= 0.3 is 5.76 Å². The third-order valence-corrected chi connectivity index (χ3v) is 6.76. The Hall–Kier alpha value is -4.29. The molecular weight excluding hydrogens is 494 g/mol. The largest absolute Gasteiger partial charge is 0.439 e. The van der Waals surface area contributed by atoms with Crippen LogP contribution >= 0.6 is 0 Å². The fourth-order valence-electron chi connectivity index (χ4n) is 4.73. The number of carbonyl (C=O) groups is 3. The second kappa shape index (κ2) is 10.6. The van der Waals surface area contributed by atoms with Gasteiger partial charge in [0, 0.05) is 42.1 Å². The number of aromatic amines is 1. The number of aliphatic hydroxyl groups excluding tert-OH is 1. The number of nitrogens with one attached hydrogen (secondary N) is 2. The van der Waals surface area contributed by atoms with Crippen molar-refractivity contribution in [1.82, 2.24) is 15.0 Å². The molecule has 2 aliphatic heterocycles. The maximum Gasteiger partial charge on any atom is 0.439 e. The van der Waals surface area contributed by atoms with Crippen LogP contribution in [0.15, 0.2) is 51.8 Å². The van der Waals surface area contributed by atoms with E-state index in [9.17, 15) is 24.3 Å². The van der Waals surface area contributed by atoms with Crippen molar-refractivity contribution in [3.05, 3.63) is 64.1 Å². The Kier molecular flexibility index (Phi) is 7.07. The zero-order valence-electron chi connectivity index (χ0n) is 20.7. The number of carbonyl (C=O) groups excluding carboxylic acids is 3. The fraction of sp³-hybridized carbons (Fsp3) is 0.346. The molecule has 38 heavy (non-hydrogen) atoms. The Morgan fingerprint density at radius 2 is 1.84 bits per heavy atom. The lowest BCUT2D eigenvalue weighted by molar-refractivity contribution is -0.150. The van der Waals surface area contributed by atoms with Gasteiger partial charge in [0.15, 0.2) is 18.0 Å². The van der Waals surface area contributed by atoms with Crippen LogP contribution in [0.3, 0.4) is 0 Å². The van der Waals surface area contributed by atoms with Crippen LogP contribution < -0.4 is 16.0 Å². The Balaban J connectivity index is 1.28. The normalized spacial score (nSPS) is 18.5. The third-order valence-electron chi connectivity index (χ3n) is 6.76. The molecule has 0 saturated carbocycles. The van der Waals surface area contributed by atoms with Crippen LogP contribution in [0.25, 0.3) is 11.4 Å². The van der Waals surface area contributed by atoms with Gasteiger partial charge in [-0.15, -0.1) is 0 Å². The minimum atomic E-state index is -1.77. The van der Waals surface area contributed by atoms with E-state index < -0.39 is 29.8 Å². The molecule has 0 aliphatic carbocycles. The Morgan fingerprint density at radius 3 is 2.53 bits per heavy atom. The molecule has 0 bridgehead atoms. The highest BCUT2D eigenvalue weighted by molar-refractivity contribution is 6.05. The van der Waals surface area contributed by atoms with E-state index in [2.05, 4.69) is 20.0 Å². The fourth-order valence-corrected chi connectivity index (χ4v) is 4.73. The van der Waals surface area contributed by atoms with E-state index in [4.69, 9.17) is 4.74 Å². The molecule has 3 aromatic rings. The third kappa shape index (κ3) is 4.95. The number of hydrogen-bond donors (Lipinski definition) is 3. The first-order valence-corrected chi connectivity index (χ1v) is 12.3. The molecule has 3 amide bonds. The van der Waals surface area contributed by atoms with E-state index in [-0.39, 0.29) is 24.9 Å². The molecule has 3 heterocycles. The summed E-state index contributed by atoms with van der Waals surface area (Å²) in [7, 11) is 0. The zero-order valence-corrected chi connectivity index (χ0v) is 20.7. The number of ether oxygens (including phenoxy) is 1. The molecule has 2 aromatic carbocycles. The second-order valence-electron chi connectivity index (χ2n) is 9.19. The number of amides is 3. The van der Waals surface area contributed by atoms with Gasteiger partial charge in [0.25, 0.3) is 17.7 Å². The number of nitrogens with zero attached hydrogens (tertiary/aromatic N) is 3. The van der Waals surface area contributed by atoms with Crippen LogP contribution in [0.2, 0.25) is 0 Å². The molecule has 2 aliphatic rings. The minimum absolute atomic E-state index is 0.0700. The summed E-state index contributed by atoms with van der Waals surface area (Å²) in [5, 5.41) is 16.9. The second-order valence-corrected chi connectivity index (χ2v) is 9.19. The molecule has 12 nitrogen and oxygen atoms in total. The average molecular weight is 522 g/mol. The molecular formula is C26H27N5O7. The first-order chi connectivity index (χ1) is 18.3. The highest BCUT2D eigenvalue weighted by Crippen LogP contribution is 2.28. The number of hydrogen-bond acceptors (Lipinski definition) is 8. The molecule has 5 rings (SSSR count). The van der Waals surface area contributed by atoms with Gasteiger partial charge in [0.2, 0.25) is 0 Å². The number of aliphatic hydroxyl groups is 1. The summed E-state index contributed by atoms with van der Waals surface area (Å²) in [6.07, 6.45) is -1.24. The summed E-state index contributed by atoms with van der Waals surface area (Å²) in [6.45, 7) is 3.54. The zero-order chi connectivity index (χ0) is 26.8. The average Bonchev–Trinajstić information content (AvgIpc) is 3.61. The molecule has 1 aromatic heterocycles. The molecule has 2 atom stereocenters. The van der Waals surface area contributed by atoms with Crippen LogP contribution in [-0.2, 0) is 14.3 Å². The Morgan fingerprint density at radius 1 is 1.11 bits per heavy atom. The van der Waals surface area contributed by atoms with Gasteiger partial charge in [0.05, 0.1) is 6.61 Å². The molecule has 2 saturated heterocycles. The minimum Gasteiger partial charge on any atom is -0.380 e. The number of morpholine rings is 1. The predicted molar refractivity (Wildman–Crippen MR) is 136 cm³/mol. The van der Waals surface area contributed by atoms with Crippen molar-refractivity contribution in [2.75, 3.05) is 36.5 Å². The van der Waals surface area contributed by atoms with E-state index >= 15 is 0 Å². The van der Waals surface area contributed by atoms with E-state index in [1.165, 1.54) is 4.90 Å². The highest BCUT2D eigenvalue weighted by Gasteiger charge is 2.40. The number of rotatable bonds is 6. The SMILES string of the molecule is Cc1c(C(=O)N2CCCC2)cccc1N1CCO[C@H]([C@@H](O)C(=O)Nc2ccc(-c3noc(=O)[nH]3)cc2)C1=O. The van der Waals surface area contributed by atoms with Gasteiger partial charge in [-0.2, -0.15) is 0 Å². The lowest BCUT2D eigenvalue weighted by atomic mass is 10.0. The molecule has 0 unspecified atom stereocenters. The lowest BCUT2D eigenvalue weighted by Gasteiger charge is -2.35. The van der Waals surface area contributed by atoms with E-state index in [0.29, 0.717) is 41.2 Å². The van der Waals surface area contributed by atoms with Crippen molar-refractivity contribution >= 4 is 29.1 Å². The summed E-state index contributed by atoms with van der Waals surface area (Å²) in [4.78, 5) is 55.9. The first kappa shape index (κ1) is 25.4. The molecule has 0 radical (unpaired) electrons. The molecule has 12 heteroatoms. The molecule has 0 spiro atoms. The smallest absolute Gasteiger partial charge is 0.380 e. The predicted octanol–water partition coefficient (Wildman–Crippen LogP) is 1.31. The van der Waals surface area contributed by atoms with Gasteiger partial charge in [-0.05, 0) is 61.7 Å². The monoisotopic (exact) mass is 521 g/mol. The summed E-state index contributed by atoms with van der Waals surface area (Å²) >= 11 is 0. The van der Waals surface area contributed by atoms with Crippen LogP contribution in [0, 0.1) is 6.92 Å². The summed E-state index contributed by atoms with van der Waals surface area (Å²) in [5.41, 5.74) is 2.63. The quantitative estimate of drug-likeness (QED) is 0.438. The standard InChI is InChI=1S/C26H27N5O7/c1-15-18(24(34)30-11-2-3-12-30)5-4-6-19(15)31-13-14-37-21(25(31)35)20(32)23(33)27-17-9-7-16(8-10-17)22-28-26(36)38-29-22/h4-10,20-21,32H,2-3,11-14H2,1H3,(H,27,33)(H,28,29,36)/t20-,21-/m1/s1. The van der Waals surface area contributed by atoms with Gasteiger partial charge < -0.3 is 25.0 Å². The molecule has 198 valence electrons. The number of aromatic nitrogens is 2. The van der Waals surface area contributed by atoms with Crippen LogP contribution in [0.4, 0.5) is 11.4 Å². The summed E-state index contributed by atoms with van der Waals surface area (Å²) < 4.78 is 9.99. The number of anilines is 2. The van der Waals surface area contributed by atoms with Gasteiger partial charge in [-0.25, -0.2) is 4.79 Å². The van der Waals surface area contributed by atoms with Crippen molar-refractivity contribution in [2.45, 2.75) is 32.0 Å². The van der Waals surface area contributed by atoms with E-state index in [1.54, 1.807) is 49.4 Å². The Bertz CT molecular complexity index is 1410. The topological polar surface area (TPSA) is 158 Å². The van der Waals surface area contributed by atoms with Crippen molar-refractivity contribution < 1.29 is 28.8 Å². The number of likely N-dealkylation sites (tertiary alicyclic amines) is 1. The van der Waals surface area contributed by atoms with Crippen molar-refractivity contribution in [1.29, 1.82) is 0 Å². The van der Waals surface area contributed by atoms with Crippen LogP contribution in [0.5, 0.6) is 0 Å². The summed E-state index contributed by atoms with van der Waals surface area (Å²) in [5.74, 6) is -1.91. The maximum absolute atomic E-state index is 13.3. The molecule has 2 fully saturated rings. The summed E-state index contributed by atoms with van der Waals surface area (Å²) in [6, 6.07) is 11.5. The first-order valence-electron chi connectivity index (χ1n) is 12.3. The molecule has 3 N–H and O–H groups in total. The Labute approximate surface area is 217 Å². The van der Waals surface area contributed by atoms with Crippen molar-refractivity contribution in [3.63, 3.8) is 0 Å². The van der Waals surface area contributed by atoms with Crippen LogP contribution in [-0.4, -0.2) is 76.3 Å². The lowest BCUT2D eigenvalue weighted by Crippen LogP contribution is -2.55. The van der Waals surface area contributed by atoms with Gasteiger partial charge in [-0.3, -0.25) is 23.9 Å². The van der Waals surface area contributed by atoms with Crippen molar-refractivity contribution in [2.24, 2.45) is 0 Å². The highest BCUT2D eigenvalue weighted by atomic mass is 16.5. The number of H-pyrrole nitrogens is 1. The maximum atomic E-state index is 13.3. The van der Waals surface area contributed by atoms with Gasteiger partial charge in [0.1, 0.15) is 0 Å². The van der Waals surface area contributed by atoms with E-state index in [1.807, 2.05) is 4.90 Å². The number of benzene rings is 2. The van der Waals surface area contributed by atoms with Crippen LogP contribution in [0.1, 0.15) is 28.8 Å².